The predicted octanol–water partition coefficient (Wildman–Crippen LogP) is 22.1. The molecule has 0 atom stereocenters. The van der Waals surface area contributed by atoms with Crippen LogP contribution >= 0.6 is 0 Å². The lowest BCUT2D eigenvalue weighted by molar-refractivity contribution is 0.483. The van der Waals surface area contributed by atoms with E-state index in [0.717, 1.165) is 78.5 Å². The molecule has 430 valence electrons. The van der Waals surface area contributed by atoms with Gasteiger partial charge in [-0.05, 0) is 138 Å². The zero-order chi connectivity index (χ0) is 60.1. The second kappa shape index (κ2) is 20.9. The van der Waals surface area contributed by atoms with Crippen molar-refractivity contribution in [3.8, 4) is 51.1 Å². The third-order valence-corrected chi connectivity index (χ3v) is 16.9. The Morgan fingerprint density at radius 2 is 0.786 bits per heavy atom. The van der Waals surface area contributed by atoms with Gasteiger partial charge < -0.3 is 19.3 Å². The van der Waals surface area contributed by atoms with Gasteiger partial charge in [0.2, 0.25) is 0 Å². The molecule has 0 amide bonds. The molecular formula is C78H86N4O2. The summed E-state index contributed by atoms with van der Waals surface area (Å²) < 4.78 is 16.6. The highest BCUT2D eigenvalue weighted by atomic mass is 16.5. The quantitative estimate of drug-likeness (QED) is 0.144. The predicted molar refractivity (Wildman–Crippen MR) is 357 cm³/mol. The van der Waals surface area contributed by atoms with E-state index < -0.39 is 0 Å². The van der Waals surface area contributed by atoms with Crippen LogP contribution in [0.3, 0.4) is 0 Å². The molecule has 2 aromatic heterocycles. The zero-order valence-electron chi connectivity index (χ0n) is 53.1. The molecule has 0 radical (unpaired) electrons. The molecule has 11 rings (SSSR count). The number of rotatable bonds is 9. The molecule has 6 heteroatoms. The summed E-state index contributed by atoms with van der Waals surface area (Å²) in [6.07, 6.45) is 1.87. The summed E-state index contributed by atoms with van der Waals surface area (Å²) in [6, 6.07) is 64.3. The number of nitrogens with zero attached hydrogens (tertiary/aromatic N) is 4. The first kappa shape index (κ1) is 57.7. The summed E-state index contributed by atoms with van der Waals surface area (Å²) in [5.74, 6) is 3.72. The highest BCUT2D eigenvalue weighted by Gasteiger charge is 2.32. The van der Waals surface area contributed by atoms with Crippen molar-refractivity contribution < 1.29 is 9.47 Å². The SMILES string of the molecule is CC(C)(C)c1cc(-c2cccc(-c3cc(C(C)(C)C)cc(C(C)(C)C)c3)c2Oc2ccnc(-n3c4ccccc4c4ccc(Oc5cccc(N6CN(c7cc(C(C)(C)C)cc(C(C)(C)C)c7)c7ccccc76)c5)cc43)c2)cc(C(C)(C)C)c1. The van der Waals surface area contributed by atoms with Gasteiger partial charge in [0.25, 0.3) is 0 Å². The number of pyridine rings is 1. The standard InChI is InChI=1S/C78H86N4O2/c1-73(2,3)52-37-50(38-53(41-52)74(4,5)6)63-28-24-29-64(51-39-54(75(7,8)9)42-55(40-51)76(10,11)12)72(63)84-62-35-36-79-71(48-62)82-67-30-20-19-27-65(67)66-34-33-61(47-70(66)82)83-60-26-23-25-58(46-60)80-49-81(69-32-22-21-31-68(69)80)59-44-56(77(13,14)15)43-57(45-59)78(16,17)18/h19-48H,49H2,1-18H3. The van der Waals surface area contributed by atoms with Gasteiger partial charge in [0.15, 0.2) is 0 Å². The molecule has 0 aliphatic carbocycles. The summed E-state index contributed by atoms with van der Waals surface area (Å²) in [5, 5.41) is 2.23. The molecule has 10 aromatic rings. The van der Waals surface area contributed by atoms with Crippen molar-refractivity contribution in [3.05, 3.63) is 216 Å². The van der Waals surface area contributed by atoms with Crippen LogP contribution in [0.25, 0.3) is 49.9 Å². The highest BCUT2D eigenvalue weighted by Crippen LogP contribution is 2.49. The fourth-order valence-corrected chi connectivity index (χ4v) is 11.5. The fraction of sp³-hybridized carbons (Fsp3) is 0.321. The molecular weight excluding hydrogens is 1020 g/mol. The second-order valence-electron chi connectivity index (χ2n) is 29.6. The van der Waals surface area contributed by atoms with E-state index in [2.05, 4.69) is 303 Å². The molecule has 0 bridgehead atoms. The van der Waals surface area contributed by atoms with E-state index >= 15 is 0 Å². The van der Waals surface area contributed by atoms with Crippen LogP contribution in [0.5, 0.6) is 23.0 Å². The zero-order valence-corrected chi connectivity index (χ0v) is 53.1. The molecule has 3 heterocycles. The number of benzene rings is 8. The number of para-hydroxylation sites is 4. The van der Waals surface area contributed by atoms with Gasteiger partial charge in [-0.1, -0.05) is 222 Å². The molecule has 1 aliphatic heterocycles. The Morgan fingerprint density at radius 3 is 1.31 bits per heavy atom. The number of aromatic nitrogens is 2. The fourth-order valence-electron chi connectivity index (χ4n) is 11.5. The lowest BCUT2D eigenvalue weighted by Gasteiger charge is -2.29. The first-order chi connectivity index (χ1) is 39.4. The smallest absolute Gasteiger partial charge is 0.143 e. The largest absolute Gasteiger partial charge is 0.457 e. The average Bonchev–Trinajstić information content (AvgIpc) is 1.69. The molecule has 0 unspecified atom stereocenters. The van der Waals surface area contributed by atoms with Crippen molar-refractivity contribution in [1.82, 2.24) is 9.55 Å². The maximum atomic E-state index is 7.48. The lowest BCUT2D eigenvalue weighted by atomic mass is 9.78. The minimum atomic E-state index is -0.0746. The molecule has 0 saturated carbocycles. The first-order valence-corrected chi connectivity index (χ1v) is 30.1. The van der Waals surface area contributed by atoms with Gasteiger partial charge in [-0.25, -0.2) is 4.98 Å². The Labute approximate surface area is 501 Å². The van der Waals surface area contributed by atoms with Crippen molar-refractivity contribution in [2.24, 2.45) is 0 Å². The van der Waals surface area contributed by atoms with Crippen molar-refractivity contribution in [2.75, 3.05) is 16.5 Å². The van der Waals surface area contributed by atoms with Crippen molar-refractivity contribution in [2.45, 2.75) is 157 Å². The number of fused-ring (bicyclic) bond motifs is 4. The molecule has 1 aliphatic rings. The maximum Gasteiger partial charge on any atom is 0.143 e. The Hall–Kier alpha value is -8.09. The van der Waals surface area contributed by atoms with Gasteiger partial charge in [-0.2, -0.15) is 0 Å². The van der Waals surface area contributed by atoms with Crippen molar-refractivity contribution >= 4 is 44.6 Å². The summed E-state index contributed by atoms with van der Waals surface area (Å²) in [4.78, 5) is 9.97. The van der Waals surface area contributed by atoms with Gasteiger partial charge in [-0.15, -0.1) is 0 Å². The summed E-state index contributed by atoms with van der Waals surface area (Å²) in [6.45, 7) is 42.1. The first-order valence-electron chi connectivity index (χ1n) is 30.1. The molecule has 8 aromatic carbocycles. The van der Waals surface area contributed by atoms with E-state index in [1.54, 1.807) is 0 Å². The third kappa shape index (κ3) is 11.5. The van der Waals surface area contributed by atoms with Crippen LogP contribution in [-0.4, -0.2) is 16.2 Å². The normalized spacial score (nSPS) is 13.5. The van der Waals surface area contributed by atoms with Crippen LogP contribution < -0.4 is 19.3 Å². The maximum absolute atomic E-state index is 7.48. The summed E-state index contributed by atoms with van der Waals surface area (Å²) in [7, 11) is 0. The highest BCUT2D eigenvalue weighted by molar-refractivity contribution is 6.09. The third-order valence-electron chi connectivity index (χ3n) is 16.9. The van der Waals surface area contributed by atoms with Crippen molar-refractivity contribution in [3.63, 3.8) is 0 Å². The van der Waals surface area contributed by atoms with E-state index in [1.807, 2.05) is 18.3 Å². The van der Waals surface area contributed by atoms with Crippen LogP contribution in [-0.2, 0) is 32.5 Å². The lowest BCUT2D eigenvalue weighted by Crippen LogP contribution is -2.25. The minimum absolute atomic E-state index is 0.00136. The van der Waals surface area contributed by atoms with Gasteiger partial charge in [0.05, 0.1) is 22.4 Å². The van der Waals surface area contributed by atoms with Crippen LogP contribution in [0.1, 0.15) is 158 Å². The Kier molecular flexibility index (Phi) is 14.4. The monoisotopic (exact) mass is 1110 g/mol. The van der Waals surface area contributed by atoms with Crippen LogP contribution in [0, 0.1) is 0 Å². The van der Waals surface area contributed by atoms with Gasteiger partial charge in [0, 0.05) is 57.7 Å². The topological polar surface area (TPSA) is 42.8 Å². The molecule has 0 spiro atoms. The second-order valence-corrected chi connectivity index (χ2v) is 29.6. The van der Waals surface area contributed by atoms with E-state index in [4.69, 9.17) is 14.5 Å². The summed E-state index contributed by atoms with van der Waals surface area (Å²) >= 11 is 0. The minimum Gasteiger partial charge on any atom is -0.457 e. The molecule has 84 heavy (non-hydrogen) atoms. The summed E-state index contributed by atoms with van der Waals surface area (Å²) in [5.41, 5.74) is 18.5. The number of ether oxygens (including phenoxy) is 2. The van der Waals surface area contributed by atoms with E-state index in [1.165, 1.54) is 44.8 Å². The van der Waals surface area contributed by atoms with Gasteiger partial charge >= 0.3 is 0 Å². The van der Waals surface area contributed by atoms with Gasteiger partial charge in [0.1, 0.15) is 35.5 Å². The van der Waals surface area contributed by atoms with E-state index in [0.29, 0.717) is 12.4 Å². The number of hydrogen-bond acceptors (Lipinski definition) is 5. The molecule has 0 saturated heterocycles. The average molecular weight is 1110 g/mol. The Bertz CT molecular complexity index is 3940. The molecule has 6 nitrogen and oxygen atoms in total. The van der Waals surface area contributed by atoms with E-state index in [-0.39, 0.29) is 32.5 Å². The van der Waals surface area contributed by atoms with Crippen LogP contribution in [0.4, 0.5) is 22.7 Å². The van der Waals surface area contributed by atoms with Gasteiger partial charge in [-0.3, -0.25) is 4.57 Å². The number of anilines is 4. The van der Waals surface area contributed by atoms with E-state index in [9.17, 15) is 0 Å². The Morgan fingerprint density at radius 1 is 0.345 bits per heavy atom. The Balaban J connectivity index is 0.987. The van der Waals surface area contributed by atoms with Crippen LogP contribution in [0.2, 0.25) is 0 Å². The molecule has 0 fully saturated rings. The van der Waals surface area contributed by atoms with Crippen LogP contribution in [0.15, 0.2) is 182 Å². The number of hydrogen-bond donors (Lipinski definition) is 0. The van der Waals surface area contributed by atoms with Crippen molar-refractivity contribution in [1.29, 1.82) is 0 Å². The molecule has 0 N–H and O–H groups in total.